The summed E-state index contributed by atoms with van der Waals surface area (Å²) in [5, 5.41) is 7.94. The molecule has 2 aliphatic rings. The van der Waals surface area contributed by atoms with Gasteiger partial charge in [-0.3, -0.25) is 9.89 Å². The van der Waals surface area contributed by atoms with E-state index in [0.29, 0.717) is 23.6 Å². The van der Waals surface area contributed by atoms with Crippen LogP contribution in [0.2, 0.25) is 0 Å². The zero-order chi connectivity index (χ0) is 17.5. The predicted molar refractivity (Wildman–Crippen MR) is 94.3 cm³/mol. The number of carbonyl (C=O) groups excluding carboxylic acids is 1. The van der Waals surface area contributed by atoms with E-state index in [1.165, 1.54) is 0 Å². The summed E-state index contributed by atoms with van der Waals surface area (Å²) in [6, 6.07) is 9.43. The van der Waals surface area contributed by atoms with Crippen LogP contribution in [0.25, 0.3) is 11.0 Å². The molecule has 1 fully saturated rings. The molecule has 0 aliphatic carbocycles. The van der Waals surface area contributed by atoms with Gasteiger partial charge in [-0.1, -0.05) is 0 Å². The van der Waals surface area contributed by atoms with Gasteiger partial charge in [0.1, 0.15) is 0 Å². The van der Waals surface area contributed by atoms with Gasteiger partial charge in [0.05, 0.1) is 6.20 Å². The lowest BCUT2D eigenvalue weighted by atomic mass is 9.93. The third kappa shape index (κ3) is 2.56. The monoisotopic (exact) mass is 350 g/mol. The Hall–Kier alpha value is -3.09. The maximum atomic E-state index is 12.9. The van der Waals surface area contributed by atoms with E-state index in [1.54, 1.807) is 24.4 Å². The molecule has 1 saturated heterocycles. The largest absolute Gasteiger partial charge is 0.454 e. The van der Waals surface area contributed by atoms with Crippen LogP contribution < -0.4 is 9.47 Å². The Morgan fingerprint density at radius 2 is 2.12 bits per heavy atom. The highest BCUT2D eigenvalue weighted by molar-refractivity contribution is 5.95. The minimum atomic E-state index is 0.0237. The fourth-order valence-corrected chi connectivity index (χ4v) is 3.68. The third-order valence-corrected chi connectivity index (χ3v) is 5.07. The first-order valence-corrected chi connectivity index (χ1v) is 8.77. The van der Waals surface area contributed by atoms with Gasteiger partial charge >= 0.3 is 0 Å². The van der Waals surface area contributed by atoms with Crippen LogP contribution in [0, 0.1) is 0 Å². The lowest BCUT2D eigenvalue weighted by Gasteiger charge is -2.32. The molecule has 132 valence electrons. The Labute approximate surface area is 149 Å². The van der Waals surface area contributed by atoms with Crippen molar-refractivity contribution in [2.24, 2.45) is 0 Å². The van der Waals surface area contributed by atoms with E-state index in [-0.39, 0.29) is 18.6 Å². The zero-order valence-electron chi connectivity index (χ0n) is 14.1. The maximum absolute atomic E-state index is 12.9. The van der Waals surface area contributed by atoms with Crippen molar-refractivity contribution in [2.75, 3.05) is 19.9 Å². The molecule has 7 heteroatoms. The summed E-state index contributed by atoms with van der Waals surface area (Å²) in [5.74, 6) is 1.58. The standard InChI is InChI=1S/C19H18N4O3/c24-19(12-4-6-16-17(8-12)26-11-25-16)23-7-1-2-14(10-23)15-5-3-13-9-20-22-18(13)21-15/h3-6,8-9,14H,1-2,7,10-11H2,(H,20,21,22)/t14-/m0/s1. The second-order valence-electron chi connectivity index (χ2n) is 6.70. The van der Waals surface area contributed by atoms with Crippen LogP contribution in [0.5, 0.6) is 11.5 Å². The first kappa shape index (κ1) is 15.2. The average Bonchev–Trinajstić information content (AvgIpc) is 3.35. The number of hydrogen-bond donors (Lipinski definition) is 1. The number of aromatic nitrogens is 3. The molecule has 1 N–H and O–H groups in total. The summed E-state index contributed by atoms with van der Waals surface area (Å²) in [7, 11) is 0. The lowest BCUT2D eigenvalue weighted by molar-refractivity contribution is 0.0705. The van der Waals surface area contributed by atoms with Crippen LogP contribution in [0.15, 0.2) is 36.5 Å². The highest BCUT2D eigenvalue weighted by atomic mass is 16.7. The molecular formula is C19H18N4O3. The van der Waals surface area contributed by atoms with Gasteiger partial charge < -0.3 is 14.4 Å². The maximum Gasteiger partial charge on any atom is 0.254 e. The number of H-pyrrole nitrogens is 1. The molecule has 3 aromatic rings. The number of amides is 1. The van der Waals surface area contributed by atoms with Crippen LogP contribution in [0.3, 0.4) is 0 Å². The van der Waals surface area contributed by atoms with Gasteiger partial charge in [-0.2, -0.15) is 5.10 Å². The van der Waals surface area contributed by atoms with E-state index in [4.69, 9.17) is 9.47 Å². The minimum Gasteiger partial charge on any atom is -0.454 e. The zero-order valence-corrected chi connectivity index (χ0v) is 14.1. The number of nitrogens with one attached hydrogen (secondary N) is 1. The quantitative estimate of drug-likeness (QED) is 0.769. The number of rotatable bonds is 2. The molecule has 0 unspecified atom stereocenters. The number of carbonyl (C=O) groups is 1. The number of piperidine rings is 1. The molecule has 0 radical (unpaired) electrons. The summed E-state index contributed by atoms with van der Waals surface area (Å²) in [6.45, 7) is 1.64. The third-order valence-electron chi connectivity index (χ3n) is 5.07. The molecule has 26 heavy (non-hydrogen) atoms. The summed E-state index contributed by atoms with van der Waals surface area (Å²) in [6.07, 6.45) is 3.75. The molecule has 1 amide bonds. The fraction of sp³-hybridized carbons (Fsp3) is 0.316. The molecule has 4 heterocycles. The minimum absolute atomic E-state index is 0.0237. The molecule has 0 bridgehead atoms. The number of nitrogens with zero attached hydrogens (tertiary/aromatic N) is 3. The molecule has 0 saturated carbocycles. The van der Waals surface area contributed by atoms with E-state index >= 15 is 0 Å². The van der Waals surface area contributed by atoms with Gasteiger partial charge in [-0.15, -0.1) is 0 Å². The Balaban J connectivity index is 1.37. The fourth-order valence-electron chi connectivity index (χ4n) is 3.68. The SMILES string of the molecule is O=C(c1ccc2c(c1)OCO2)N1CCC[C@H](c2ccc3cn[nH]c3n2)C1. The number of fused-ring (bicyclic) bond motifs is 2. The first-order chi connectivity index (χ1) is 12.8. The van der Waals surface area contributed by atoms with E-state index in [1.807, 2.05) is 17.0 Å². The van der Waals surface area contributed by atoms with Crippen LogP contribution in [-0.4, -0.2) is 45.9 Å². The van der Waals surface area contributed by atoms with E-state index in [9.17, 15) is 4.79 Å². The summed E-state index contributed by atoms with van der Waals surface area (Å²) in [4.78, 5) is 19.5. The molecule has 1 aromatic carbocycles. The number of likely N-dealkylation sites (tertiary alicyclic amines) is 1. The van der Waals surface area contributed by atoms with Gasteiger partial charge in [0, 0.05) is 35.7 Å². The van der Waals surface area contributed by atoms with Crippen molar-refractivity contribution in [3.63, 3.8) is 0 Å². The number of pyridine rings is 1. The molecular weight excluding hydrogens is 332 g/mol. The lowest BCUT2D eigenvalue weighted by Crippen LogP contribution is -2.39. The highest BCUT2D eigenvalue weighted by Gasteiger charge is 2.27. The average molecular weight is 350 g/mol. The van der Waals surface area contributed by atoms with Gasteiger partial charge in [0.25, 0.3) is 5.91 Å². The normalized spacial score (nSPS) is 19.1. The topological polar surface area (TPSA) is 80.3 Å². The predicted octanol–water partition coefficient (Wildman–Crippen LogP) is 2.71. The molecule has 2 aromatic heterocycles. The summed E-state index contributed by atoms with van der Waals surface area (Å²) < 4.78 is 10.7. The molecule has 2 aliphatic heterocycles. The van der Waals surface area contributed by atoms with E-state index in [2.05, 4.69) is 15.2 Å². The van der Waals surface area contributed by atoms with Crippen molar-refractivity contribution >= 4 is 16.9 Å². The Morgan fingerprint density at radius 1 is 1.19 bits per heavy atom. The van der Waals surface area contributed by atoms with Gasteiger partial charge in [-0.25, -0.2) is 4.98 Å². The van der Waals surface area contributed by atoms with Crippen molar-refractivity contribution < 1.29 is 14.3 Å². The Kier molecular flexibility index (Phi) is 3.51. The Bertz CT molecular complexity index is 984. The summed E-state index contributed by atoms with van der Waals surface area (Å²) in [5.41, 5.74) is 2.43. The van der Waals surface area contributed by atoms with Gasteiger partial charge in [-0.05, 0) is 43.2 Å². The van der Waals surface area contributed by atoms with Crippen LogP contribution >= 0.6 is 0 Å². The molecule has 7 nitrogen and oxygen atoms in total. The van der Waals surface area contributed by atoms with Gasteiger partial charge in [0.15, 0.2) is 17.1 Å². The highest BCUT2D eigenvalue weighted by Crippen LogP contribution is 2.34. The molecule has 1 atom stereocenters. The van der Waals surface area contributed by atoms with Crippen molar-refractivity contribution in [1.82, 2.24) is 20.1 Å². The molecule has 5 rings (SSSR count). The van der Waals surface area contributed by atoms with Crippen LogP contribution in [0.4, 0.5) is 0 Å². The van der Waals surface area contributed by atoms with Gasteiger partial charge in [0.2, 0.25) is 6.79 Å². The number of ether oxygens (including phenoxy) is 2. The van der Waals surface area contributed by atoms with Crippen molar-refractivity contribution in [3.8, 4) is 11.5 Å². The second kappa shape index (κ2) is 6.01. The first-order valence-electron chi connectivity index (χ1n) is 8.77. The number of benzene rings is 1. The number of hydrogen-bond acceptors (Lipinski definition) is 5. The number of aromatic amines is 1. The van der Waals surface area contributed by atoms with Crippen molar-refractivity contribution in [2.45, 2.75) is 18.8 Å². The van der Waals surface area contributed by atoms with Crippen LogP contribution in [-0.2, 0) is 0 Å². The summed E-state index contributed by atoms with van der Waals surface area (Å²) >= 11 is 0. The molecule has 0 spiro atoms. The van der Waals surface area contributed by atoms with Crippen molar-refractivity contribution in [1.29, 1.82) is 0 Å². The second-order valence-corrected chi connectivity index (χ2v) is 6.70. The van der Waals surface area contributed by atoms with E-state index < -0.39 is 0 Å². The van der Waals surface area contributed by atoms with Crippen LogP contribution in [0.1, 0.15) is 34.8 Å². The smallest absolute Gasteiger partial charge is 0.254 e. The van der Waals surface area contributed by atoms with Crippen molar-refractivity contribution in [3.05, 3.63) is 47.8 Å². The van der Waals surface area contributed by atoms with E-state index in [0.717, 1.165) is 36.1 Å². The Morgan fingerprint density at radius 3 is 3.08 bits per heavy atom.